The van der Waals surface area contributed by atoms with Gasteiger partial charge in [-0.25, -0.2) is 4.52 Å². The summed E-state index contributed by atoms with van der Waals surface area (Å²) in [6, 6.07) is 7.53. The summed E-state index contributed by atoms with van der Waals surface area (Å²) in [4.78, 5) is 26.1. The third-order valence-corrected chi connectivity index (χ3v) is 3.07. The molecule has 0 amide bonds. The molecule has 1 N–H and O–H groups in total. The van der Waals surface area contributed by atoms with Crippen LogP contribution < -0.4 is 5.56 Å². The molecule has 18 heavy (non-hydrogen) atoms. The lowest BCUT2D eigenvalue weighted by atomic mass is 10.1. The van der Waals surface area contributed by atoms with E-state index < -0.39 is 0 Å². The van der Waals surface area contributed by atoms with Crippen LogP contribution in [0.5, 0.6) is 0 Å². The predicted octanol–water partition coefficient (Wildman–Crippen LogP) is 1.69. The fourth-order valence-electron chi connectivity index (χ4n) is 2.25. The molecule has 0 bridgehead atoms. The summed E-state index contributed by atoms with van der Waals surface area (Å²) in [7, 11) is 0. The maximum absolute atomic E-state index is 11.9. The highest BCUT2D eigenvalue weighted by atomic mass is 16.1. The van der Waals surface area contributed by atoms with Crippen molar-refractivity contribution < 1.29 is 4.79 Å². The Hall–Kier alpha value is -2.43. The summed E-state index contributed by atoms with van der Waals surface area (Å²) < 4.78 is 1.61. The van der Waals surface area contributed by atoms with E-state index in [2.05, 4.69) is 10.1 Å². The number of ketones is 1. The van der Waals surface area contributed by atoms with Gasteiger partial charge in [-0.3, -0.25) is 9.59 Å². The first kappa shape index (κ1) is 10.7. The van der Waals surface area contributed by atoms with Crippen molar-refractivity contribution in [1.29, 1.82) is 0 Å². The first-order valence-corrected chi connectivity index (χ1v) is 5.61. The first-order valence-electron chi connectivity index (χ1n) is 5.61. The zero-order valence-corrected chi connectivity index (χ0v) is 10.0. The number of aromatic amines is 1. The molecule has 3 aromatic rings. The Morgan fingerprint density at radius 1 is 1.33 bits per heavy atom. The van der Waals surface area contributed by atoms with Gasteiger partial charge in [0.25, 0.3) is 5.56 Å². The van der Waals surface area contributed by atoms with Gasteiger partial charge >= 0.3 is 0 Å². The summed E-state index contributed by atoms with van der Waals surface area (Å²) in [6.07, 6.45) is 0. The molecule has 1 aromatic carbocycles. The molecule has 0 saturated carbocycles. The van der Waals surface area contributed by atoms with E-state index in [-0.39, 0.29) is 16.9 Å². The molecule has 0 atom stereocenters. The quantitative estimate of drug-likeness (QED) is 0.659. The Morgan fingerprint density at radius 2 is 2.06 bits per heavy atom. The number of aromatic nitrogens is 3. The number of fused-ring (bicyclic) bond motifs is 3. The number of rotatable bonds is 1. The van der Waals surface area contributed by atoms with Crippen molar-refractivity contribution in [3.8, 4) is 0 Å². The van der Waals surface area contributed by atoms with Crippen LogP contribution in [-0.2, 0) is 0 Å². The van der Waals surface area contributed by atoms with Gasteiger partial charge in [-0.1, -0.05) is 12.1 Å². The third-order valence-electron chi connectivity index (χ3n) is 3.07. The van der Waals surface area contributed by atoms with Gasteiger partial charge < -0.3 is 4.98 Å². The monoisotopic (exact) mass is 241 g/mol. The van der Waals surface area contributed by atoms with Crippen LogP contribution in [0.1, 0.15) is 23.0 Å². The lowest BCUT2D eigenvalue weighted by Crippen LogP contribution is -2.21. The molecule has 0 aliphatic rings. The third kappa shape index (κ3) is 1.30. The maximum atomic E-state index is 11.9. The standard InChI is InChI=1S/C13H11N3O2/c1-7-11(8(2)17)13(18)14-12-9-5-3-4-6-10(9)15-16(7)12/h3-6H,1-2H3,(H,14,18). The van der Waals surface area contributed by atoms with Crippen molar-refractivity contribution in [2.45, 2.75) is 13.8 Å². The fraction of sp³-hybridized carbons (Fsp3) is 0.154. The van der Waals surface area contributed by atoms with E-state index in [0.29, 0.717) is 11.3 Å². The Bertz CT molecular complexity index is 842. The van der Waals surface area contributed by atoms with E-state index >= 15 is 0 Å². The van der Waals surface area contributed by atoms with Crippen LogP contribution in [0.4, 0.5) is 0 Å². The number of nitrogens with zero attached hydrogens (tertiary/aromatic N) is 2. The lowest BCUT2D eigenvalue weighted by Gasteiger charge is -2.03. The van der Waals surface area contributed by atoms with Gasteiger partial charge in [-0.05, 0) is 26.0 Å². The van der Waals surface area contributed by atoms with Crippen LogP contribution in [0, 0.1) is 6.92 Å². The molecule has 5 nitrogen and oxygen atoms in total. The summed E-state index contributed by atoms with van der Waals surface area (Å²) >= 11 is 0. The van der Waals surface area contributed by atoms with Crippen LogP contribution >= 0.6 is 0 Å². The summed E-state index contributed by atoms with van der Waals surface area (Å²) in [5.41, 5.74) is 1.78. The van der Waals surface area contributed by atoms with Gasteiger partial charge in [0.15, 0.2) is 5.78 Å². The minimum atomic E-state index is -0.363. The minimum Gasteiger partial charge on any atom is -0.306 e. The van der Waals surface area contributed by atoms with Crippen LogP contribution in [0.3, 0.4) is 0 Å². The fourth-order valence-corrected chi connectivity index (χ4v) is 2.25. The molecule has 0 saturated heterocycles. The average Bonchev–Trinajstić information content (AvgIpc) is 2.68. The second-order valence-electron chi connectivity index (χ2n) is 4.25. The number of hydrogen-bond acceptors (Lipinski definition) is 3. The van der Waals surface area contributed by atoms with E-state index in [1.54, 1.807) is 11.4 Å². The number of H-pyrrole nitrogens is 1. The van der Waals surface area contributed by atoms with Gasteiger partial charge in [0, 0.05) is 5.39 Å². The molecular weight excluding hydrogens is 230 g/mol. The molecule has 0 spiro atoms. The molecule has 0 aliphatic carbocycles. The van der Waals surface area contributed by atoms with Crippen molar-refractivity contribution in [3.05, 3.63) is 45.9 Å². The average molecular weight is 241 g/mol. The normalized spacial score (nSPS) is 11.2. The number of carbonyl (C=O) groups is 1. The van der Waals surface area contributed by atoms with Crippen molar-refractivity contribution in [2.75, 3.05) is 0 Å². The number of hydrogen-bond donors (Lipinski definition) is 1. The highest BCUT2D eigenvalue weighted by Crippen LogP contribution is 2.18. The molecule has 5 heteroatoms. The van der Waals surface area contributed by atoms with Crippen molar-refractivity contribution in [3.63, 3.8) is 0 Å². The molecule has 0 aliphatic heterocycles. The number of Topliss-reactive ketones (excluding diaryl/α,β-unsaturated/α-hetero) is 1. The predicted molar refractivity (Wildman–Crippen MR) is 68.1 cm³/mol. The molecule has 0 radical (unpaired) electrons. The molecular formula is C13H11N3O2. The van der Waals surface area contributed by atoms with E-state index in [0.717, 1.165) is 10.9 Å². The van der Waals surface area contributed by atoms with E-state index in [1.165, 1.54) is 6.92 Å². The van der Waals surface area contributed by atoms with Crippen LogP contribution in [0.2, 0.25) is 0 Å². The summed E-state index contributed by atoms with van der Waals surface area (Å²) in [6.45, 7) is 3.11. The Balaban J connectivity index is 2.58. The summed E-state index contributed by atoms with van der Waals surface area (Å²) in [5.74, 6) is -0.254. The Morgan fingerprint density at radius 3 is 2.78 bits per heavy atom. The van der Waals surface area contributed by atoms with E-state index in [9.17, 15) is 9.59 Å². The zero-order valence-electron chi connectivity index (χ0n) is 10.0. The molecule has 90 valence electrons. The largest absolute Gasteiger partial charge is 0.306 e. The van der Waals surface area contributed by atoms with Crippen LogP contribution in [0.15, 0.2) is 29.1 Å². The molecule has 0 fully saturated rings. The minimum absolute atomic E-state index is 0.162. The highest BCUT2D eigenvalue weighted by Gasteiger charge is 2.15. The number of carbonyl (C=O) groups excluding carboxylic acids is 1. The van der Waals surface area contributed by atoms with Crippen molar-refractivity contribution in [1.82, 2.24) is 14.6 Å². The van der Waals surface area contributed by atoms with E-state index in [4.69, 9.17) is 0 Å². The Kier molecular flexibility index (Phi) is 2.10. The van der Waals surface area contributed by atoms with Gasteiger partial charge in [-0.15, -0.1) is 0 Å². The molecule has 2 aromatic heterocycles. The number of aryl methyl sites for hydroxylation is 1. The topological polar surface area (TPSA) is 67.2 Å². The lowest BCUT2D eigenvalue weighted by molar-refractivity contribution is 0.101. The first-order chi connectivity index (χ1) is 8.59. The van der Waals surface area contributed by atoms with Crippen molar-refractivity contribution >= 4 is 22.3 Å². The number of nitrogens with one attached hydrogen (secondary N) is 1. The van der Waals surface area contributed by atoms with Crippen LogP contribution in [0.25, 0.3) is 16.6 Å². The highest BCUT2D eigenvalue weighted by molar-refractivity contribution is 5.97. The van der Waals surface area contributed by atoms with E-state index in [1.807, 2.05) is 24.3 Å². The number of benzene rings is 1. The van der Waals surface area contributed by atoms with Gasteiger partial charge in [0.2, 0.25) is 0 Å². The van der Waals surface area contributed by atoms with Gasteiger partial charge in [0.05, 0.1) is 11.2 Å². The molecule has 0 unspecified atom stereocenters. The molecule has 2 heterocycles. The molecule has 3 rings (SSSR count). The van der Waals surface area contributed by atoms with Crippen molar-refractivity contribution in [2.24, 2.45) is 0 Å². The Labute approximate surface area is 102 Å². The van der Waals surface area contributed by atoms with Gasteiger partial charge in [-0.2, -0.15) is 5.10 Å². The van der Waals surface area contributed by atoms with Gasteiger partial charge in [0.1, 0.15) is 11.2 Å². The summed E-state index contributed by atoms with van der Waals surface area (Å²) in [5, 5.41) is 5.26. The zero-order chi connectivity index (χ0) is 12.9. The van der Waals surface area contributed by atoms with Crippen LogP contribution in [-0.4, -0.2) is 20.4 Å². The SMILES string of the molecule is CC(=O)c1c(C)n2nc3ccccc3c2[nH]c1=O. The maximum Gasteiger partial charge on any atom is 0.262 e. The smallest absolute Gasteiger partial charge is 0.262 e. The second-order valence-corrected chi connectivity index (χ2v) is 4.25. The second kappa shape index (κ2) is 3.53.